The summed E-state index contributed by atoms with van der Waals surface area (Å²) in [5.74, 6) is 0.886. The van der Waals surface area contributed by atoms with Crippen LogP contribution in [0.3, 0.4) is 0 Å². The summed E-state index contributed by atoms with van der Waals surface area (Å²) < 4.78 is 3.40. The van der Waals surface area contributed by atoms with Crippen molar-refractivity contribution in [3.05, 3.63) is 54.2 Å². The molecule has 0 atom stereocenters. The molecular weight excluding hydrogens is 356 g/mol. The van der Waals surface area contributed by atoms with Crippen molar-refractivity contribution in [3.8, 4) is 28.3 Å². The highest BCUT2D eigenvalue weighted by Crippen LogP contribution is 2.33. The molecule has 3 heterocycles. The summed E-state index contributed by atoms with van der Waals surface area (Å²) in [6.45, 7) is 1.94. The van der Waals surface area contributed by atoms with E-state index in [1.807, 2.05) is 50.5 Å². The standard InChI is InChI=1S/C19H20N8O/c1-12-17(18(24-23-12)13-7-5-4-6-8-13)19-22-15(9-16(28)20-2)25-27(19)14-10-21-26(3)11-14/h4-8,10-11H,9H2,1-3H3,(H,20,28)(H,23,24). The lowest BCUT2D eigenvalue weighted by Gasteiger charge is -2.05. The van der Waals surface area contributed by atoms with E-state index in [0.29, 0.717) is 11.6 Å². The number of aryl methyl sites for hydroxylation is 2. The monoisotopic (exact) mass is 376 g/mol. The predicted octanol–water partition coefficient (Wildman–Crippen LogP) is 1.65. The number of hydrogen-bond donors (Lipinski definition) is 2. The van der Waals surface area contributed by atoms with Crippen molar-refractivity contribution in [3.63, 3.8) is 0 Å². The minimum absolute atomic E-state index is 0.0916. The number of nitrogens with one attached hydrogen (secondary N) is 2. The van der Waals surface area contributed by atoms with Crippen molar-refractivity contribution in [1.29, 1.82) is 0 Å². The van der Waals surface area contributed by atoms with Crippen molar-refractivity contribution >= 4 is 5.91 Å². The number of aromatic nitrogens is 7. The third-order valence-electron chi connectivity index (χ3n) is 4.40. The number of nitrogens with zero attached hydrogens (tertiary/aromatic N) is 6. The molecule has 0 spiro atoms. The molecule has 0 aliphatic carbocycles. The molecule has 0 fully saturated rings. The molecule has 28 heavy (non-hydrogen) atoms. The van der Waals surface area contributed by atoms with Gasteiger partial charge in [-0.15, -0.1) is 0 Å². The van der Waals surface area contributed by atoms with Gasteiger partial charge in [-0.1, -0.05) is 30.3 Å². The predicted molar refractivity (Wildman–Crippen MR) is 104 cm³/mol. The molecule has 0 saturated heterocycles. The van der Waals surface area contributed by atoms with Gasteiger partial charge in [-0.2, -0.15) is 15.3 Å². The van der Waals surface area contributed by atoms with Crippen LogP contribution in [0, 0.1) is 6.92 Å². The van der Waals surface area contributed by atoms with Gasteiger partial charge in [0.15, 0.2) is 11.6 Å². The van der Waals surface area contributed by atoms with Crippen molar-refractivity contribution in [1.82, 2.24) is 40.1 Å². The largest absolute Gasteiger partial charge is 0.359 e. The van der Waals surface area contributed by atoms with Crippen LogP contribution in [-0.4, -0.2) is 47.7 Å². The van der Waals surface area contributed by atoms with Crippen LogP contribution in [0.2, 0.25) is 0 Å². The summed E-state index contributed by atoms with van der Waals surface area (Å²) in [5, 5.41) is 18.9. The van der Waals surface area contributed by atoms with E-state index in [9.17, 15) is 4.79 Å². The first-order valence-electron chi connectivity index (χ1n) is 8.83. The number of benzene rings is 1. The average Bonchev–Trinajstić information content (AvgIpc) is 3.40. The van der Waals surface area contributed by atoms with Gasteiger partial charge in [-0.05, 0) is 6.92 Å². The maximum absolute atomic E-state index is 11.8. The van der Waals surface area contributed by atoms with E-state index in [0.717, 1.165) is 28.2 Å². The molecule has 9 heteroatoms. The Morgan fingerprint density at radius 3 is 2.71 bits per heavy atom. The number of hydrogen-bond acceptors (Lipinski definition) is 5. The topological polar surface area (TPSA) is 106 Å². The zero-order valence-corrected chi connectivity index (χ0v) is 15.8. The molecule has 0 unspecified atom stereocenters. The van der Waals surface area contributed by atoms with Crippen molar-refractivity contribution in [2.75, 3.05) is 7.05 Å². The summed E-state index contributed by atoms with van der Waals surface area (Å²) in [7, 11) is 3.43. The quantitative estimate of drug-likeness (QED) is 0.551. The Kier molecular flexibility index (Phi) is 4.48. The fourth-order valence-corrected chi connectivity index (χ4v) is 3.03. The number of aromatic amines is 1. The lowest BCUT2D eigenvalue weighted by atomic mass is 10.1. The van der Waals surface area contributed by atoms with E-state index >= 15 is 0 Å². The number of H-pyrrole nitrogens is 1. The zero-order valence-electron chi connectivity index (χ0n) is 15.8. The van der Waals surface area contributed by atoms with Crippen LogP contribution >= 0.6 is 0 Å². The first-order chi connectivity index (χ1) is 13.6. The Bertz CT molecular complexity index is 1120. The van der Waals surface area contributed by atoms with Gasteiger partial charge < -0.3 is 5.32 Å². The molecule has 9 nitrogen and oxygen atoms in total. The van der Waals surface area contributed by atoms with Crippen LogP contribution in [0.15, 0.2) is 42.7 Å². The van der Waals surface area contributed by atoms with Crippen LogP contribution in [0.5, 0.6) is 0 Å². The maximum atomic E-state index is 11.8. The number of carbonyl (C=O) groups excluding carboxylic acids is 1. The highest BCUT2D eigenvalue weighted by atomic mass is 16.1. The van der Waals surface area contributed by atoms with Gasteiger partial charge >= 0.3 is 0 Å². The van der Waals surface area contributed by atoms with Crippen molar-refractivity contribution in [2.24, 2.45) is 7.05 Å². The SMILES string of the molecule is CNC(=O)Cc1nc(-c2c(-c3ccccc3)n[nH]c2C)n(-c2cnn(C)c2)n1. The van der Waals surface area contributed by atoms with E-state index < -0.39 is 0 Å². The summed E-state index contributed by atoms with van der Waals surface area (Å²) in [6.07, 6.45) is 3.65. The van der Waals surface area contributed by atoms with Crippen molar-refractivity contribution in [2.45, 2.75) is 13.3 Å². The Morgan fingerprint density at radius 1 is 1.25 bits per heavy atom. The molecule has 0 saturated carbocycles. The van der Waals surface area contributed by atoms with Crippen LogP contribution in [0.4, 0.5) is 0 Å². The minimum atomic E-state index is -0.151. The van der Waals surface area contributed by atoms with Gasteiger partial charge in [0, 0.05) is 25.4 Å². The van der Waals surface area contributed by atoms with Crippen LogP contribution in [0.25, 0.3) is 28.3 Å². The van der Waals surface area contributed by atoms with Crippen molar-refractivity contribution < 1.29 is 4.79 Å². The number of rotatable bonds is 5. The van der Waals surface area contributed by atoms with Gasteiger partial charge in [-0.3, -0.25) is 14.6 Å². The summed E-state index contributed by atoms with van der Waals surface area (Å²) in [4.78, 5) is 16.5. The van der Waals surface area contributed by atoms with E-state index in [2.05, 4.69) is 30.7 Å². The zero-order chi connectivity index (χ0) is 19.7. The van der Waals surface area contributed by atoms with Gasteiger partial charge in [0.05, 0.1) is 24.4 Å². The van der Waals surface area contributed by atoms with Crippen LogP contribution < -0.4 is 5.32 Å². The molecular formula is C19H20N8O. The first-order valence-corrected chi connectivity index (χ1v) is 8.83. The smallest absolute Gasteiger partial charge is 0.227 e. The van der Waals surface area contributed by atoms with Gasteiger partial charge in [-0.25, -0.2) is 9.67 Å². The first kappa shape index (κ1) is 17.7. The molecule has 0 bridgehead atoms. The van der Waals surface area contributed by atoms with Crippen LogP contribution in [-0.2, 0) is 18.3 Å². The molecule has 1 amide bonds. The Balaban J connectivity index is 1.90. The fraction of sp³-hybridized carbons (Fsp3) is 0.211. The van der Waals surface area contributed by atoms with E-state index in [4.69, 9.17) is 0 Å². The lowest BCUT2D eigenvalue weighted by Crippen LogP contribution is -2.20. The second kappa shape index (κ2) is 7.10. The highest BCUT2D eigenvalue weighted by molar-refractivity contribution is 5.81. The molecule has 4 rings (SSSR count). The molecule has 3 aromatic heterocycles. The number of likely N-dealkylation sites (N-methyl/N-ethyl adjacent to an activating group) is 1. The molecule has 0 aliphatic rings. The Labute approximate surface area is 161 Å². The van der Waals surface area contributed by atoms with E-state index in [1.54, 1.807) is 22.6 Å². The Hall–Kier alpha value is -3.75. The normalized spacial score (nSPS) is 11.0. The number of amides is 1. The second-order valence-electron chi connectivity index (χ2n) is 6.42. The van der Waals surface area contributed by atoms with E-state index in [1.165, 1.54) is 0 Å². The summed E-state index contributed by atoms with van der Waals surface area (Å²) >= 11 is 0. The fourth-order valence-electron chi connectivity index (χ4n) is 3.03. The third kappa shape index (κ3) is 3.18. The average molecular weight is 376 g/mol. The van der Waals surface area contributed by atoms with Gasteiger partial charge in [0.2, 0.25) is 5.91 Å². The molecule has 0 radical (unpaired) electrons. The van der Waals surface area contributed by atoms with Gasteiger partial charge in [0.25, 0.3) is 0 Å². The lowest BCUT2D eigenvalue weighted by molar-refractivity contribution is -0.120. The Morgan fingerprint density at radius 2 is 2.04 bits per heavy atom. The molecule has 4 aromatic rings. The molecule has 0 aliphatic heterocycles. The van der Waals surface area contributed by atoms with E-state index in [-0.39, 0.29) is 12.3 Å². The highest BCUT2D eigenvalue weighted by Gasteiger charge is 2.23. The van der Waals surface area contributed by atoms with Crippen LogP contribution in [0.1, 0.15) is 11.5 Å². The molecule has 2 N–H and O–H groups in total. The molecule has 142 valence electrons. The maximum Gasteiger partial charge on any atom is 0.227 e. The number of carbonyl (C=O) groups is 1. The minimum Gasteiger partial charge on any atom is -0.359 e. The summed E-state index contributed by atoms with van der Waals surface area (Å²) in [6, 6.07) is 9.88. The van der Waals surface area contributed by atoms with Gasteiger partial charge in [0.1, 0.15) is 11.4 Å². The third-order valence-corrected chi connectivity index (χ3v) is 4.40. The summed E-state index contributed by atoms with van der Waals surface area (Å²) in [5.41, 5.74) is 4.21. The molecule has 1 aromatic carbocycles. The second-order valence-corrected chi connectivity index (χ2v) is 6.42.